The van der Waals surface area contributed by atoms with E-state index in [0.29, 0.717) is 5.82 Å². The molecule has 5 nitrogen and oxygen atoms in total. The topological polar surface area (TPSA) is 78.1 Å². The van der Waals surface area contributed by atoms with Crippen molar-refractivity contribution in [2.24, 2.45) is 0 Å². The molecule has 6 heteroatoms. The number of ether oxygens (including phenoxy) is 1. The van der Waals surface area contributed by atoms with Crippen LogP contribution >= 0.6 is 11.3 Å². The van der Waals surface area contributed by atoms with Crippen LogP contribution in [0.1, 0.15) is 10.4 Å². The van der Waals surface area contributed by atoms with E-state index in [1.807, 2.05) is 16.8 Å². The fourth-order valence-electron chi connectivity index (χ4n) is 1.19. The molecule has 16 heavy (non-hydrogen) atoms. The summed E-state index contributed by atoms with van der Waals surface area (Å²) < 4.78 is 4.55. The molecular formula is C10H9N3O2S. The number of carbonyl (C=O) groups excluding carboxylic acids is 1. The minimum atomic E-state index is -0.533. The van der Waals surface area contributed by atoms with Crippen LogP contribution in [-0.4, -0.2) is 23.0 Å². The summed E-state index contributed by atoms with van der Waals surface area (Å²) in [5.41, 5.74) is 6.72. The second-order valence-electron chi connectivity index (χ2n) is 3.00. The Morgan fingerprint density at radius 1 is 1.56 bits per heavy atom. The molecule has 0 unspecified atom stereocenters. The van der Waals surface area contributed by atoms with E-state index < -0.39 is 5.97 Å². The smallest absolute Gasteiger partial charge is 0.343 e. The summed E-state index contributed by atoms with van der Waals surface area (Å²) in [4.78, 5) is 19.4. The third kappa shape index (κ3) is 1.87. The number of nitrogens with two attached hydrogens (primary N) is 1. The van der Waals surface area contributed by atoms with Gasteiger partial charge in [0, 0.05) is 17.1 Å². The van der Waals surface area contributed by atoms with Crippen molar-refractivity contribution in [2.75, 3.05) is 12.8 Å². The molecule has 0 radical (unpaired) electrons. The number of carbonyl (C=O) groups is 1. The second-order valence-corrected chi connectivity index (χ2v) is 3.78. The van der Waals surface area contributed by atoms with E-state index in [9.17, 15) is 4.79 Å². The number of hydrogen-bond donors (Lipinski definition) is 1. The van der Waals surface area contributed by atoms with Gasteiger partial charge in [-0.1, -0.05) is 0 Å². The average Bonchev–Trinajstić information content (AvgIpc) is 2.81. The maximum absolute atomic E-state index is 11.3. The van der Waals surface area contributed by atoms with Crippen molar-refractivity contribution in [1.29, 1.82) is 0 Å². The van der Waals surface area contributed by atoms with Crippen LogP contribution < -0.4 is 5.73 Å². The summed E-state index contributed by atoms with van der Waals surface area (Å²) in [5, 5.41) is 3.83. The molecule has 0 aliphatic heterocycles. The largest absolute Gasteiger partial charge is 0.465 e. The van der Waals surface area contributed by atoms with E-state index in [2.05, 4.69) is 14.7 Å². The third-order valence-corrected chi connectivity index (χ3v) is 2.69. The van der Waals surface area contributed by atoms with Crippen LogP contribution in [0.5, 0.6) is 0 Å². The number of methoxy groups -OCH3 is 1. The zero-order chi connectivity index (χ0) is 11.5. The highest BCUT2D eigenvalue weighted by Crippen LogP contribution is 2.20. The Labute approximate surface area is 95.9 Å². The number of rotatable bonds is 2. The van der Waals surface area contributed by atoms with Crippen molar-refractivity contribution in [3.05, 3.63) is 28.6 Å². The van der Waals surface area contributed by atoms with Gasteiger partial charge in [-0.3, -0.25) is 0 Å². The molecule has 2 aromatic heterocycles. The number of esters is 1. The molecule has 0 aromatic carbocycles. The first-order chi connectivity index (χ1) is 7.72. The van der Waals surface area contributed by atoms with Crippen molar-refractivity contribution in [1.82, 2.24) is 9.97 Å². The first kappa shape index (κ1) is 10.6. The van der Waals surface area contributed by atoms with E-state index in [0.717, 1.165) is 5.56 Å². The Morgan fingerprint density at radius 3 is 2.94 bits per heavy atom. The van der Waals surface area contributed by atoms with E-state index in [4.69, 9.17) is 5.73 Å². The lowest BCUT2D eigenvalue weighted by Crippen LogP contribution is -2.08. The molecule has 2 heterocycles. The van der Waals surface area contributed by atoms with E-state index in [-0.39, 0.29) is 11.4 Å². The highest BCUT2D eigenvalue weighted by atomic mass is 32.1. The molecule has 2 aromatic rings. The Morgan fingerprint density at radius 2 is 2.38 bits per heavy atom. The number of hydrogen-bond acceptors (Lipinski definition) is 6. The number of nitrogens with zero attached hydrogens (tertiary/aromatic N) is 2. The molecule has 82 valence electrons. The first-order valence-electron chi connectivity index (χ1n) is 4.45. The molecule has 0 spiro atoms. The maximum atomic E-state index is 11.3. The molecule has 0 aliphatic rings. The highest BCUT2D eigenvalue weighted by molar-refractivity contribution is 7.08. The van der Waals surface area contributed by atoms with Gasteiger partial charge >= 0.3 is 5.97 Å². The Bertz CT molecular complexity index is 511. The van der Waals surface area contributed by atoms with Gasteiger partial charge in [-0.2, -0.15) is 11.3 Å². The van der Waals surface area contributed by atoms with Gasteiger partial charge in [0.05, 0.1) is 7.11 Å². The summed E-state index contributed by atoms with van der Waals surface area (Å²) in [6, 6.07) is 1.89. The van der Waals surface area contributed by atoms with Crippen LogP contribution in [0, 0.1) is 0 Å². The predicted octanol–water partition coefficient (Wildman–Crippen LogP) is 1.57. The quantitative estimate of drug-likeness (QED) is 0.799. The van der Waals surface area contributed by atoms with Gasteiger partial charge in [0.2, 0.25) is 0 Å². The summed E-state index contributed by atoms with van der Waals surface area (Å²) in [5.74, 6) is 0.101. The Balaban J connectivity index is 2.41. The molecular weight excluding hydrogens is 226 g/mol. The van der Waals surface area contributed by atoms with Gasteiger partial charge in [0.1, 0.15) is 11.4 Å². The summed E-state index contributed by atoms with van der Waals surface area (Å²) >= 11 is 1.54. The molecule has 0 saturated heterocycles. The maximum Gasteiger partial charge on any atom is 0.343 e. The standard InChI is InChI=1S/C10H9N3O2S/c1-15-10(14)7-4-12-9(13-8(7)11)6-2-3-16-5-6/h2-5H,1H3,(H2,11,12,13). The van der Waals surface area contributed by atoms with Crippen molar-refractivity contribution >= 4 is 23.1 Å². The van der Waals surface area contributed by atoms with Gasteiger partial charge in [-0.25, -0.2) is 14.8 Å². The fourth-order valence-corrected chi connectivity index (χ4v) is 1.83. The summed E-state index contributed by atoms with van der Waals surface area (Å²) in [6.07, 6.45) is 1.38. The molecule has 0 atom stereocenters. The van der Waals surface area contributed by atoms with Crippen LogP contribution in [0.3, 0.4) is 0 Å². The van der Waals surface area contributed by atoms with Crippen molar-refractivity contribution in [2.45, 2.75) is 0 Å². The Kier molecular flexibility index (Phi) is 2.82. The number of anilines is 1. The van der Waals surface area contributed by atoms with Gasteiger partial charge < -0.3 is 10.5 Å². The van der Waals surface area contributed by atoms with Crippen LogP contribution in [-0.2, 0) is 4.74 Å². The molecule has 0 bridgehead atoms. The number of thiophene rings is 1. The van der Waals surface area contributed by atoms with Gasteiger partial charge in [0.25, 0.3) is 0 Å². The lowest BCUT2D eigenvalue weighted by Gasteiger charge is -2.03. The van der Waals surface area contributed by atoms with E-state index in [1.54, 1.807) is 11.3 Å². The molecule has 0 saturated carbocycles. The number of nitrogen functional groups attached to an aromatic ring is 1. The van der Waals surface area contributed by atoms with Crippen LogP contribution in [0.2, 0.25) is 0 Å². The first-order valence-corrected chi connectivity index (χ1v) is 5.40. The average molecular weight is 235 g/mol. The second kappa shape index (κ2) is 4.28. The molecule has 2 rings (SSSR count). The van der Waals surface area contributed by atoms with E-state index in [1.165, 1.54) is 13.3 Å². The Hall–Kier alpha value is -1.95. The highest BCUT2D eigenvalue weighted by Gasteiger charge is 2.13. The predicted molar refractivity (Wildman–Crippen MR) is 61.1 cm³/mol. The SMILES string of the molecule is COC(=O)c1cnc(-c2ccsc2)nc1N. The summed E-state index contributed by atoms with van der Waals surface area (Å²) in [6.45, 7) is 0. The molecule has 0 amide bonds. The van der Waals surface area contributed by atoms with Crippen LogP contribution in [0.25, 0.3) is 11.4 Å². The third-order valence-electron chi connectivity index (χ3n) is 2.00. The van der Waals surface area contributed by atoms with Crippen molar-refractivity contribution in [3.8, 4) is 11.4 Å². The minimum Gasteiger partial charge on any atom is -0.465 e. The lowest BCUT2D eigenvalue weighted by molar-refractivity contribution is 0.0601. The van der Waals surface area contributed by atoms with Crippen molar-refractivity contribution < 1.29 is 9.53 Å². The summed E-state index contributed by atoms with van der Waals surface area (Å²) in [7, 11) is 1.29. The minimum absolute atomic E-state index is 0.128. The molecule has 0 fully saturated rings. The van der Waals surface area contributed by atoms with Crippen molar-refractivity contribution in [3.63, 3.8) is 0 Å². The fraction of sp³-hybridized carbons (Fsp3) is 0.100. The zero-order valence-corrected chi connectivity index (χ0v) is 9.32. The normalized spacial score (nSPS) is 10.1. The van der Waals surface area contributed by atoms with Crippen LogP contribution in [0.4, 0.5) is 5.82 Å². The van der Waals surface area contributed by atoms with Gasteiger partial charge in [0.15, 0.2) is 5.82 Å². The van der Waals surface area contributed by atoms with Gasteiger partial charge in [-0.05, 0) is 11.4 Å². The molecule has 2 N–H and O–H groups in total. The number of aromatic nitrogens is 2. The lowest BCUT2D eigenvalue weighted by atomic mass is 10.3. The monoisotopic (exact) mass is 235 g/mol. The van der Waals surface area contributed by atoms with Gasteiger partial charge in [-0.15, -0.1) is 0 Å². The van der Waals surface area contributed by atoms with E-state index >= 15 is 0 Å². The zero-order valence-electron chi connectivity index (χ0n) is 8.51. The van der Waals surface area contributed by atoms with Crippen LogP contribution in [0.15, 0.2) is 23.0 Å². The molecule has 0 aliphatic carbocycles.